The Balaban J connectivity index is 2.00. The molecule has 0 radical (unpaired) electrons. The van der Waals surface area contributed by atoms with Gasteiger partial charge in [0.2, 0.25) is 0 Å². The summed E-state index contributed by atoms with van der Waals surface area (Å²) in [5.41, 5.74) is 0. The lowest BCUT2D eigenvalue weighted by atomic mass is 9.89. The van der Waals surface area contributed by atoms with Gasteiger partial charge in [-0.1, -0.05) is 0 Å². The molecule has 2 heteroatoms. The molecule has 0 amide bonds. The van der Waals surface area contributed by atoms with Gasteiger partial charge in [0.05, 0.1) is 0 Å². The second-order valence-electron chi connectivity index (χ2n) is 4.01. The van der Waals surface area contributed by atoms with Gasteiger partial charge in [0.15, 0.2) is 0 Å². The van der Waals surface area contributed by atoms with Crippen LogP contribution in [-0.4, -0.2) is 11.6 Å². The number of ketones is 2. The van der Waals surface area contributed by atoms with E-state index >= 15 is 0 Å². The van der Waals surface area contributed by atoms with Gasteiger partial charge in [-0.3, -0.25) is 9.59 Å². The normalized spacial score (nSPS) is 36.3. The molecule has 2 aliphatic carbocycles. The minimum atomic E-state index is 0.247. The summed E-state index contributed by atoms with van der Waals surface area (Å²) in [4.78, 5) is 22.4. The first-order valence-corrected chi connectivity index (χ1v) is 4.82. The number of Topliss-reactive ketones (excluding diaryl/α,β-unsaturated/α-hetero) is 2. The van der Waals surface area contributed by atoms with Crippen LogP contribution >= 0.6 is 0 Å². The highest BCUT2D eigenvalue weighted by Gasteiger charge is 2.35. The number of carbonyl (C=O) groups excluding carboxylic acids is 2. The number of hydrogen-bond acceptors (Lipinski definition) is 2. The maximum atomic E-state index is 11.4. The summed E-state index contributed by atoms with van der Waals surface area (Å²) >= 11 is 0. The third kappa shape index (κ3) is 1.30. The molecule has 0 aromatic rings. The molecule has 0 aliphatic heterocycles. The van der Waals surface area contributed by atoms with Crippen LogP contribution in [0.3, 0.4) is 0 Å². The van der Waals surface area contributed by atoms with Crippen LogP contribution in [-0.2, 0) is 9.59 Å². The molecule has 0 spiro atoms. The van der Waals surface area contributed by atoms with Gasteiger partial charge in [-0.2, -0.15) is 0 Å². The van der Waals surface area contributed by atoms with Crippen LogP contribution in [0.15, 0.2) is 0 Å². The van der Waals surface area contributed by atoms with E-state index in [0.29, 0.717) is 30.3 Å². The SMILES string of the molecule is O=C1CCC(C2CCCC2=O)C1. The first-order valence-electron chi connectivity index (χ1n) is 4.82. The molecule has 0 bridgehead atoms. The molecule has 66 valence electrons. The summed E-state index contributed by atoms with van der Waals surface area (Å²) < 4.78 is 0. The van der Waals surface area contributed by atoms with E-state index in [0.717, 1.165) is 25.7 Å². The summed E-state index contributed by atoms with van der Waals surface area (Å²) in [7, 11) is 0. The van der Waals surface area contributed by atoms with Gasteiger partial charge in [0.25, 0.3) is 0 Å². The van der Waals surface area contributed by atoms with Gasteiger partial charge in [-0.15, -0.1) is 0 Å². The average molecular weight is 166 g/mol. The van der Waals surface area contributed by atoms with E-state index < -0.39 is 0 Å². The van der Waals surface area contributed by atoms with Crippen molar-refractivity contribution in [1.29, 1.82) is 0 Å². The first-order chi connectivity index (χ1) is 5.77. The van der Waals surface area contributed by atoms with E-state index in [9.17, 15) is 9.59 Å². The minimum absolute atomic E-state index is 0.247. The van der Waals surface area contributed by atoms with Crippen LogP contribution in [0, 0.1) is 11.8 Å². The molecular weight excluding hydrogens is 152 g/mol. The van der Waals surface area contributed by atoms with Gasteiger partial charge in [0.1, 0.15) is 11.6 Å². The van der Waals surface area contributed by atoms with Crippen molar-refractivity contribution in [3.8, 4) is 0 Å². The molecule has 2 atom stereocenters. The highest BCUT2D eigenvalue weighted by molar-refractivity contribution is 5.86. The van der Waals surface area contributed by atoms with Gasteiger partial charge in [0, 0.05) is 25.2 Å². The summed E-state index contributed by atoms with van der Waals surface area (Å²) in [5.74, 6) is 1.43. The zero-order chi connectivity index (χ0) is 8.55. The van der Waals surface area contributed by atoms with E-state index in [-0.39, 0.29) is 5.92 Å². The van der Waals surface area contributed by atoms with Crippen LogP contribution in [0.1, 0.15) is 38.5 Å². The summed E-state index contributed by atoms with van der Waals surface area (Å²) in [6.07, 6.45) is 5.21. The molecule has 0 aromatic heterocycles. The van der Waals surface area contributed by atoms with Gasteiger partial charge >= 0.3 is 0 Å². The monoisotopic (exact) mass is 166 g/mol. The van der Waals surface area contributed by atoms with Gasteiger partial charge in [-0.25, -0.2) is 0 Å². The van der Waals surface area contributed by atoms with Crippen LogP contribution in [0.4, 0.5) is 0 Å². The van der Waals surface area contributed by atoms with Crippen molar-refractivity contribution in [2.24, 2.45) is 11.8 Å². The van der Waals surface area contributed by atoms with Crippen LogP contribution in [0.5, 0.6) is 0 Å². The molecule has 2 unspecified atom stereocenters. The third-order valence-corrected chi connectivity index (χ3v) is 3.20. The predicted octanol–water partition coefficient (Wildman–Crippen LogP) is 1.72. The summed E-state index contributed by atoms with van der Waals surface area (Å²) in [6, 6.07) is 0. The molecule has 2 rings (SSSR count). The Kier molecular flexibility index (Phi) is 1.99. The molecular formula is C10H14O2. The summed E-state index contributed by atoms with van der Waals surface area (Å²) in [5, 5.41) is 0. The van der Waals surface area contributed by atoms with E-state index in [4.69, 9.17) is 0 Å². The zero-order valence-corrected chi connectivity index (χ0v) is 7.21. The molecule has 12 heavy (non-hydrogen) atoms. The first kappa shape index (κ1) is 7.96. The topological polar surface area (TPSA) is 34.1 Å². The Labute approximate surface area is 72.3 Å². The van der Waals surface area contributed by atoms with Gasteiger partial charge in [-0.05, 0) is 25.2 Å². The molecule has 2 fully saturated rings. The second-order valence-corrected chi connectivity index (χ2v) is 4.01. The fourth-order valence-electron chi connectivity index (χ4n) is 2.53. The molecule has 2 saturated carbocycles. The van der Waals surface area contributed by atoms with Crippen molar-refractivity contribution in [2.75, 3.05) is 0 Å². The van der Waals surface area contributed by atoms with Crippen molar-refractivity contribution in [1.82, 2.24) is 0 Å². The van der Waals surface area contributed by atoms with Crippen molar-refractivity contribution < 1.29 is 9.59 Å². The number of hydrogen-bond donors (Lipinski definition) is 0. The zero-order valence-electron chi connectivity index (χ0n) is 7.21. The van der Waals surface area contributed by atoms with E-state index in [1.165, 1.54) is 0 Å². The molecule has 0 aromatic carbocycles. The number of carbonyl (C=O) groups is 2. The fourth-order valence-corrected chi connectivity index (χ4v) is 2.53. The Morgan fingerprint density at radius 2 is 1.92 bits per heavy atom. The smallest absolute Gasteiger partial charge is 0.136 e. The van der Waals surface area contributed by atoms with Crippen LogP contribution < -0.4 is 0 Å². The second kappa shape index (κ2) is 3.00. The Bertz CT molecular complexity index is 220. The van der Waals surface area contributed by atoms with Crippen molar-refractivity contribution >= 4 is 11.6 Å². The van der Waals surface area contributed by atoms with Crippen molar-refractivity contribution in [2.45, 2.75) is 38.5 Å². The molecule has 0 heterocycles. The predicted molar refractivity (Wildman–Crippen MR) is 44.7 cm³/mol. The Morgan fingerprint density at radius 1 is 1.08 bits per heavy atom. The Hall–Kier alpha value is -0.660. The standard InChI is InChI=1S/C10H14O2/c11-8-5-4-7(6-8)9-2-1-3-10(9)12/h7,9H,1-6H2. The van der Waals surface area contributed by atoms with Crippen LogP contribution in [0.2, 0.25) is 0 Å². The molecule has 0 N–H and O–H groups in total. The Morgan fingerprint density at radius 3 is 2.42 bits per heavy atom. The molecule has 2 nitrogen and oxygen atoms in total. The fraction of sp³-hybridized carbons (Fsp3) is 0.800. The quantitative estimate of drug-likeness (QED) is 0.594. The molecule has 0 saturated heterocycles. The van der Waals surface area contributed by atoms with Crippen LogP contribution in [0.25, 0.3) is 0 Å². The summed E-state index contributed by atoms with van der Waals surface area (Å²) in [6.45, 7) is 0. The highest BCUT2D eigenvalue weighted by Crippen LogP contribution is 2.36. The van der Waals surface area contributed by atoms with E-state index in [1.807, 2.05) is 0 Å². The van der Waals surface area contributed by atoms with Crippen molar-refractivity contribution in [3.05, 3.63) is 0 Å². The lowest BCUT2D eigenvalue weighted by Gasteiger charge is -2.14. The molecule has 2 aliphatic rings. The van der Waals surface area contributed by atoms with E-state index in [1.54, 1.807) is 0 Å². The average Bonchev–Trinajstić information content (AvgIpc) is 2.58. The number of rotatable bonds is 1. The highest BCUT2D eigenvalue weighted by atomic mass is 16.1. The maximum absolute atomic E-state index is 11.4. The van der Waals surface area contributed by atoms with Gasteiger partial charge < -0.3 is 0 Å². The maximum Gasteiger partial charge on any atom is 0.136 e. The largest absolute Gasteiger partial charge is 0.300 e. The lowest BCUT2D eigenvalue weighted by molar-refractivity contribution is -0.122. The minimum Gasteiger partial charge on any atom is -0.300 e. The van der Waals surface area contributed by atoms with E-state index in [2.05, 4.69) is 0 Å². The third-order valence-electron chi connectivity index (χ3n) is 3.20. The lowest BCUT2D eigenvalue weighted by Crippen LogP contribution is -2.16. The van der Waals surface area contributed by atoms with Crippen molar-refractivity contribution in [3.63, 3.8) is 0 Å².